The van der Waals surface area contributed by atoms with Crippen molar-refractivity contribution in [1.82, 2.24) is 0 Å². The molecule has 0 aliphatic rings. The Morgan fingerprint density at radius 3 is 2.14 bits per heavy atom. The SMILES string of the molecule is CCOC(=O)C(=O)O.CCOC(=O)C[N-]c1ccc(C(F)(F)F)cc1[N+](=O)[O-]. The summed E-state index contributed by atoms with van der Waals surface area (Å²) in [5.41, 5.74) is -2.28. The highest BCUT2D eigenvalue weighted by molar-refractivity contribution is 6.28. The number of alkyl halides is 3. The summed E-state index contributed by atoms with van der Waals surface area (Å²) < 4.78 is 46.0. The number of nitro benzene ring substituents is 1. The monoisotopic (exact) mass is 409 g/mol. The third kappa shape index (κ3) is 8.82. The fourth-order valence-electron chi connectivity index (χ4n) is 1.53. The zero-order valence-electron chi connectivity index (χ0n) is 14.7. The van der Waals surface area contributed by atoms with E-state index in [1.54, 1.807) is 13.8 Å². The van der Waals surface area contributed by atoms with E-state index in [1.165, 1.54) is 0 Å². The lowest BCUT2D eigenvalue weighted by Crippen LogP contribution is -2.15. The van der Waals surface area contributed by atoms with Gasteiger partial charge in [0.2, 0.25) is 0 Å². The normalized spacial score (nSPS) is 10.2. The summed E-state index contributed by atoms with van der Waals surface area (Å²) >= 11 is 0. The van der Waals surface area contributed by atoms with Crippen LogP contribution in [-0.4, -0.2) is 47.7 Å². The number of ether oxygens (including phenoxy) is 2. The van der Waals surface area contributed by atoms with Crippen LogP contribution in [0.5, 0.6) is 0 Å². The van der Waals surface area contributed by atoms with Crippen molar-refractivity contribution in [1.29, 1.82) is 0 Å². The number of hydrogen-bond acceptors (Lipinski definition) is 7. The first-order valence-corrected chi connectivity index (χ1v) is 7.52. The van der Waals surface area contributed by atoms with Crippen molar-refractivity contribution in [2.45, 2.75) is 20.0 Å². The molecule has 0 radical (unpaired) electrons. The number of carboxylic acids is 1. The summed E-state index contributed by atoms with van der Waals surface area (Å²) in [6, 6.07) is 1.89. The smallest absolute Gasteiger partial charge is 0.417 e. The third-order valence-electron chi connectivity index (χ3n) is 2.63. The van der Waals surface area contributed by atoms with Gasteiger partial charge in [-0.15, -0.1) is 0 Å². The molecule has 0 aliphatic heterocycles. The molecule has 1 aromatic carbocycles. The molecule has 0 atom stereocenters. The van der Waals surface area contributed by atoms with Crippen LogP contribution in [0.25, 0.3) is 5.32 Å². The molecular formula is C15H16F3N2O8-. The van der Waals surface area contributed by atoms with Crippen LogP contribution in [-0.2, 0) is 30.0 Å². The number of carbonyl (C=O) groups is 3. The van der Waals surface area contributed by atoms with Gasteiger partial charge in [-0.2, -0.15) is 13.2 Å². The van der Waals surface area contributed by atoms with E-state index in [-0.39, 0.29) is 18.9 Å². The standard InChI is InChI=1S/C11H10F3N2O4.C4H6O4/c1-2-20-10(17)6-15-8-4-3-7(11(12,13)14)5-9(8)16(18)19;1-2-8-4(7)3(5)6/h3-5H,2,6H2,1H3;2H2,1H3,(H,5,6)/q-1;. The maximum atomic E-state index is 12.5. The molecule has 0 saturated heterocycles. The van der Waals surface area contributed by atoms with Gasteiger partial charge >= 0.3 is 18.1 Å². The van der Waals surface area contributed by atoms with Crippen molar-refractivity contribution < 1.29 is 47.1 Å². The number of carbonyl (C=O) groups excluding carboxylic acids is 2. The van der Waals surface area contributed by atoms with E-state index in [1.807, 2.05) is 0 Å². The van der Waals surface area contributed by atoms with Crippen LogP contribution in [0, 0.1) is 10.1 Å². The summed E-state index contributed by atoms with van der Waals surface area (Å²) in [4.78, 5) is 40.3. The zero-order chi connectivity index (χ0) is 21.9. The first kappa shape index (κ1) is 24.6. The fraction of sp³-hybridized carbons (Fsp3) is 0.400. The highest BCUT2D eigenvalue weighted by atomic mass is 19.4. The van der Waals surface area contributed by atoms with Gasteiger partial charge in [-0.1, -0.05) is 17.8 Å². The molecule has 0 bridgehead atoms. The lowest BCUT2D eigenvalue weighted by molar-refractivity contribution is -0.384. The summed E-state index contributed by atoms with van der Waals surface area (Å²) in [7, 11) is 0. The van der Waals surface area contributed by atoms with E-state index in [4.69, 9.17) is 5.11 Å². The number of nitro groups is 1. The summed E-state index contributed by atoms with van der Waals surface area (Å²) in [5, 5.41) is 22.2. The van der Waals surface area contributed by atoms with Crippen molar-refractivity contribution in [3.05, 3.63) is 39.2 Å². The highest BCUT2D eigenvalue weighted by Gasteiger charge is 2.32. The summed E-state index contributed by atoms with van der Waals surface area (Å²) in [5.74, 6) is -3.47. The van der Waals surface area contributed by atoms with Crippen molar-refractivity contribution in [3.8, 4) is 0 Å². The number of halogens is 3. The summed E-state index contributed by atoms with van der Waals surface area (Å²) in [6.07, 6.45) is -4.69. The molecule has 13 heteroatoms. The van der Waals surface area contributed by atoms with Crippen molar-refractivity contribution in [2.75, 3.05) is 19.8 Å². The molecule has 1 rings (SSSR count). The molecule has 0 saturated carbocycles. The Bertz CT molecular complexity index is 722. The molecule has 28 heavy (non-hydrogen) atoms. The fourth-order valence-corrected chi connectivity index (χ4v) is 1.53. The molecular weight excluding hydrogens is 393 g/mol. The molecule has 0 spiro atoms. The van der Waals surface area contributed by atoms with Crippen LogP contribution in [0.1, 0.15) is 19.4 Å². The lowest BCUT2D eigenvalue weighted by atomic mass is 10.1. The molecule has 0 aromatic heterocycles. The van der Waals surface area contributed by atoms with Gasteiger partial charge in [0.15, 0.2) is 0 Å². The Morgan fingerprint density at radius 2 is 1.75 bits per heavy atom. The van der Waals surface area contributed by atoms with Gasteiger partial charge in [0.1, 0.15) is 0 Å². The van der Waals surface area contributed by atoms with E-state index < -0.39 is 46.8 Å². The average Bonchev–Trinajstić information content (AvgIpc) is 2.59. The Labute approximate surface area is 156 Å². The number of nitrogens with zero attached hydrogens (tertiary/aromatic N) is 2. The van der Waals surface area contributed by atoms with Gasteiger partial charge in [0, 0.05) is 6.07 Å². The number of carboxylic acid groups (broad SMARTS) is 1. The Kier molecular flexibility index (Phi) is 9.99. The predicted octanol–water partition coefficient (Wildman–Crippen LogP) is 2.82. The first-order valence-electron chi connectivity index (χ1n) is 7.52. The average molecular weight is 409 g/mol. The number of benzene rings is 1. The second-order valence-corrected chi connectivity index (χ2v) is 4.61. The molecule has 1 aromatic rings. The highest BCUT2D eigenvalue weighted by Crippen LogP contribution is 2.37. The van der Waals surface area contributed by atoms with Crippen LogP contribution >= 0.6 is 0 Å². The van der Waals surface area contributed by atoms with Crippen LogP contribution < -0.4 is 0 Å². The molecule has 1 N–H and O–H groups in total. The molecule has 0 heterocycles. The first-order chi connectivity index (χ1) is 12.9. The molecule has 10 nitrogen and oxygen atoms in total. The number of esters is 2. The quantitative estimate of drug-likeness (QED) is 0.326. The maximum Gasteiger partial charge on any atom is 0.417 e. The van der Waals surface area contributed by atoms with Crippen LogP contribution in [0.2, 0.25) is 0 Å². The van der Waals surface area contributed by atoms with Crippen LogP contribution in [0.3, 0.4) is 0 Å². The topological polar surface area (TPSA) is 147 Å². The third-order valence-corrected chi connectivity index (χ3v) is 2.63. The number of rotatable bonds is 6. The zero-order valence-corrected chi connectivity index (χ0v) is 14.7. The molecule has 0 amide bonds. The maximum absolute atomic E-state index is 12.5. The molecule has 156 valence electrons. The Balaban J connectivity index is 0.000000769. The minimum atomic E-state index is -4.69. The lowest BCUT2D eigenvalue weighted by Gasteiger charge is -2.20. The predicted molar refractivity (Wildman–Crippen MR) is 86.9 cm³/mol. The van der Waals surface area contributed by atoms with Gasteiger partial charge in [0.05, 0.1) is 23.7 Å². The van der Waals surface area contributed by atoms with E-state index in [2.05, 4.69) is 14.8 Å². The Morgan fingerprint density at radius 1 is 1.18 bits per heavy atom. The van der Waals surface area contributed by atoms with E-state index in [9.17, 15) is 37.7 Å². The van der Waals surface area contributed by atoms with Gasteiger partial charge in [-0.3, -0.25) is 14.9 Å². The van der Waals surface area contributed by atoms with Gasteiger partial charge in [-0.25, -0.2) is 9.59 Å². The van der Waals surface area contributed by atoms with Crippen molar-refractivity contribution >= 4 is 29.3 Å². The van der Waals surface area contributed by atoms with E-state index in [0.717, 1.165) is 6.07 Å². The van der Waals surface area contributed by atoms with Gasteiger partial charge in [0.25, 0.3) is 11.7 Å². The van der Waals surface area contributed by atoms with E-state index in [0.29, 0.717) is 12.1 Å². The summed E-state index contributed by atoms with van der Waals surface area (Å²) in [6.45, 7) is 2.83. The van der Waals surface area contributed by atoms with Crippen LogP contribution in [0.4, 0.5) is 24.5 Å². The van der Waals surface area contributed by atoms with Gasteiger partial charge in [-0.05, 0) is 20.4 Å². The molecule has 0 unspecified atom stereocenters. The minimum Gasteiger partial charge on any atom is -0.670 e. The minimum absolute atomic E-state index is 0.102. The number of aliphatic carboxylic acids is 1. The van der Waals surface area contributed by atoms with E-state index >= 15 is 0 Å². The Hall–Kier alpha value is -3.38. The van der Waals surface area contributed by atoms with Gasteiger partial charge < -0.3 is 19.9 Å². The van der Waals surface area contributed by atoms with Crippen molar-refractivity contribution in [3.63, 3.8) is 0 Å². The van der Waals surface area contributed by atoms with Crippen LogP contribution in [0.15, 0.2) is 18.2 Å². The second kappa shape index (κ2) is 11.4. The molecule has 0 aliphatic carbocycles. The second-order valence-electron chi connectivity index (χ2n) is 4.61. The van der Waals surface area contributed by atoms with Crippen molar-refractivity contribution in [2.24, 2.45) is 0 Å². The number of hydrogen-bond donors (Lipinski definition) is 1. The molecule has 0 fully saturated rings. The largest absolute Gasteiger partial charge is 0.670 e.